The highest BCUT2D eigenvalue weighted by Crippen LogP contribution is 2.13. The largest absolute Gasteiger partial charge is 0.478 e. The maximum atomic E-state index is 12.0. The standard InChI is InChI=1S/C11H9N3O6S/c15-9-8(5-12-11(18)13-9)21(19,20)14-7-3-1-6(2-4-7)10(16)17/h1-5,14H,(H,16,17)(H2,12,13,15,18). The first-order valence-corrected chi connectivity index (χ1v) is 6.96. The van der Waals surface area contributed by atoms with Crippen LogP contribution in [0.4, 0.5) is 5.69 Å². The molecule has 9 nitrogen and oxygen atoms in total. The lowest BCUT2D eigenvalue weighted by atomic mass is 10.2. The summed E-state index contributed by atoms with van der Waals surface area (Å²) in [6.45, 7) is 0. The van der Waals surface area contributed by atoms with Gasteiger partial charge < -0.3 is 10.1 Å². The van der Waals surface area contributed by atoms with E-state index in [1.165, 1.54) is 24.3 Å². The van der Waals surface area contributed by atoms with Crippen LogP contribution < -0.4 is 16.0 Å². The summed E-state index contributed by atoms with van der Waals surface area (Å²) < 4.78 is 26.1. The van der Waals surface area contributed by atoms with Gasteiger partial charge in [-0.05, 0) is 24.3 Å². The summed E-state index contributed by atoms with van der Waals surface area (Å²) in [5, 5.41) is 8.73. The minimum Gasteiger partial charge on any atom is -0.478 e. The topological polar surface area (TPSA) is 149 Å². The Morgan fingerprint density at radius 2 is 1.76 bits per heavy atom. The molecular weight excluding hydrogens is 302 g/mol. The van der Waals surface area contributed by atoms with Crippen LogP contribution in [0, 0.1) is 0 Å². The Balaban J connectivity index is 2.35. The Morgan fingerprint density at radius 3 is 2.29 bits per heavy atom. The summed E-state index contributed by atoms with van der Waals surface area (Å²) in [4.78, 5) is 36.1. The number of carbonyl (C=O) groups is 1. The van der Waals surface area contributed by atoms with E-state index in [2.05, 4.69) is 4.72 Å². The summed E-state index contributed by atoms with van der Waals surface area (Å²) >= 11 is 0. The molecule has 0 spiro atoms. The zero-order chi connectivity index (χ0) is 15.6. The fourth-order valence-corrected chi connectivity index (χ4v) is 2.55. The van der Waals surface area contributed by atoms with Gasteiger partial charge in [-0.2, -0.15) is 0 Å². The molecule has 0 aliphatic carbocycles. The van der Waals surface area contributed by atoms with Crippen molar-refractivity contribution < 1.29 is 18.3 Å². The molecule has 0 radical (unpaired) electrons. The molecule has 21 heavy (non-hydrogen) atoms. The zero-order valence-corrected chi connectivity index (χ0v) is 11.1. The number of H-pyrrole nitrogens is 2. The van der Waals surface area contributed by atoms with Gasteiger partial charge in [0.2, 0.25) is 0 Å². The Labute approximate surface area is 117 Å². The van der Waals surface area contributed by atoms with Gasteiger partial charge in [-0.25, -0.2) is 18.0 Å². The van der Waals surface area contributed by atoms with E-state index in [9.17, 15) is 22.8 Å². The van der Waals surface area contributed by atoms with Gasteiger partial charge in [0, 0.05) is 11.9 Å². The molecule has 2 rings (SSSR count). The third-order valence-corrected chi connectivity index (χ3v) is 3.85. The lowest BCUT2D eigenvalue weighted by Gasteiger charge is -2.07. The Bertz CT molecular complexity index is 895. The fraction of sp³-hybridized carbons (Fsp3) is 0. The second-order valence-electron chi connectivity index (χ2n) is 3.92. The van der Waals surface area contributed by atoms with E-state index in [4.69, 9.17) is 5.11 Å². The van der Waals surface area contributed by atoms with Gasteiger partial charge in [0.05, 0.1) is 5.56 Å². The van der Waals surface area contributed by atoms with Crippen molar-refractivity contribution >= 4 is 21.7 Å². The van der Waals surface area contributed by atoms with Crippen molar-refractivity contribution in [3.8, 4) is 0 Å². The maximum Gasteiger partial charge on any atom is 0.335 e. The number of anilines is 1. The summed E-state index contributed by atoms with van der Waals surface area (Å²) in [5.41, 5.74) is -1.83. The maximum absolute atomic E-state index is 12.0. The molecule has 0 amide bonds. The Hall–Kier alpha value is -2.88. The number of aromatic carboxylic acids is 1. The van der Waals surface area contributed by atoms with Crippen LogP contribution in [0.25, 0.3) is 0 Å². The van der Waals surface area contributed by atoms with Crippen LogP contribution in [0.3, 0.4) is 0 Å². The number of carboxylic acid groups (broad SMARTS) is 1. The predicted octanol–water partition coefficient (Wildman–Crippen LogP) is -0.438. The van der Waals surface area contributed by atoms with Crippen LogP contribution >= 0.6 is 0 Å². The van der Waals surface area contributed by atoms with Crippen molar-refractivity contribution in [1.82, 2.24) is 9.97 Å². The normalized spacial score (nSPS) is 11.0. The van der Waals surface area contributed by atoms with Gasteiger partial charge in [0.25, 0.3) is 15.6 Å². The van der Waals surface area contributed by atoms with Crippen molar-refractivity contribution in [1.29, 1.82) is 0 Å². The van der Waals surface area contributed by atoms with Crippen LogP contribution in [0.5, 0.6) is 0 Å². The molecule has 4 N–H and O–H groups in total. The molecule has 0 aliphatic rings. The number of aromatic nitrogens is 2. The molecule has 1 aromatic carbocycles. The second kappa shape index (κ2) is 5.25. The minimum atomic E-state index is -4.21. The Kier molecular flexibility index (Phi) is 3.63. The molecule has 0 saturated carbocycles. The quantitative estimate of drug-likeness (QED) is 0.601. The summed E-state index contributed by atoms with van der Waals surface area (Å²) in [5.74, 6) is -1.15. The number of rotatable bonds is 4. The van der Waals surface area contributed by atoms with E-state index in [0.29, 0.717) is 0 Å². The zero-order valence-electron chi connectivity index (χ0n) is 10.3. The number of benzene rings is 1. The number of aromatic amines is 2. The molecule has 0 bridgehead atoms. The second-order valence-corrected chi connectivity index (χ2v) is 5.58. The molecule has 0 aliphatic heterocycles. The third kappa shape index (κ3) is 3.17. The number of hydrogen-bond acceptors (Lipinski definition) is 5. The highest BCUT2D eigenvalue weighted by molar-refractivity contribution is 7.92. The van der Waals surface area contributed by atoms with Crippen molar-refractivity contribution in [3.05, 3.63) is 56.9 Å². The summed E-state index contributed by atoms with van der Waals surface area (Å²) in [7, 11) is -4.21. The molecule has 0 atom stereocenters. The van der Waals surface area contributed by atoms with E-state index < -0.39 is 32.1 Å². The van der Waals surface area contributed by atoms with E-state index in [-0.39, 0.29) is 11.3 Å². The molecule has 0 unspecified atom stereocenters. The van der Waals surface area contributed by atoms with E-state index >= 15 is 0 Å². The van der Waals surface area contributed by atoms with Crippen molar-refractivity contribution in [2.75, 3.05) is 4.72 Å². The van der Waals surface area contributed by atoms with Crippen LogP contribution in [0.15, 0.2) is 44.9 Å². The van der Waals surface area contributed by atoms with Crippen molar-refractivity contribution in [2.24, 2.45) is 0 Å². The van der Waals surface area contributed by atoms with Crippen molar-refractivity contribution in [3.63, 3.8) is 0 Å². The summed E-state index contributed by atoms with van der Waals surface area (Å²) in [6.07, 6.45) is 0.773. The predicted molar refractivity (Wildman–Crippen MR) is 71.9 cm³/mol. The third-order valence-electron chi connectivity index (χ3n) is 2.46. The van der Waals surface area contributed by atoms with Crippen LogP contribution in [0.1, 0.15) is 10.4 Å². The van der Waals surface area contributed by atoms with E-state index in [1.807, 2.05) is 4.98 Å². The number of carboxylic acids is 1. The highest BCUT2D eigenvalue weighted by atomic mass is 32.2. The molecule has 0 fully saturated rings. The van der Waals surface area contributed by atoms with Gasteiger partial charge in [0.15, 0.2) is 4.90 Å². The van der Waals surface area contributed by atoms with Gasteiger partial charge in [-0.15, -0.1) is 0 Å². The first kappa shape index (κ1) is 14.5. The van der Waals surface area contributed by atoms with Gasteiger partial charge in [0.1, 0.15) is 0 Å². The Morgan fingerprint density at radius 1 is 1.14 bits per heavy atom. The van der Waals surface area contributed by atoms with Gasteiger partial charge >= 0.3 is 11.7 Å². The van der Waals surface area contributed by atoms with E-state index in [1.54, 1.807) is 4.98 Å². The smallest absolute Gasteiger partial charge is 0.335 e. The number of sulfonamides is 1. The van der Waals surface area contributed by atoms with Crippen LogP contribution in [0.2, 0.25) is 0 Å². The molecular formula is C11H9N3O6S. The molecule has 110 valence electrons. The van der Waals surface area contributed by atoms with Crippen molar-refractivity contribution in [2.45, 2.75) is 4.90 Å². The van der Waals surface area contributed by atoms with Gasteiger partial charge in [-0.1, -0.05) is 0 Å². The number of nitrogens with one attached hydrogen (secondary N) is 3. The van der Waals surface area contributed by atoms with Crippen LogP contribution in [-0.2, 0) is 10.0 Å². The SMILES string of the molecule is O=C(O)c1ccc(NS(=O)(=O)c2c[nH]c(=O)[nH]c2=O)cc1. The molecule has 1 aromatic heterocycles. The fourth-order valence-electron chi connectivity index (χ4n) is 1.49. The lowest BCUT2D eigenvalue weighted by molar-refractivity contribution is 0.0697. The molecule has 0 saturated heterocycles. The first-order valence-electron chi connectivity index (χ1n) is 5.48. The minimum absolute atomic E-state index is 0.0140. The molecule has 10 heteroatoms. The number of hydrogen-bond donors (Lipinski definition) is 4. The highest BCUT2D eigenvalue weighted by Gasteiger charge is 2.19. The van der Waals surface area contributed by atoms with Crippen LogP contribution in [-0.4, -0.2) is 29.5 Å². The molecule has 2 aromatic rings. The monoisotopic (exact) mass is 311 g/mol. The van der Waals surface area contributed by atoms with Gasteiger partial charge in [-0.3, -0.25) is 14.5 Å². The molecule has 1 heterocycles. The van der Waals surface area contributed by atoms with E-state index in [0.717, 1.165) is 6.20 Å². The average Bonchev–Trinajstić information content (AvgIpc) is 2.38. The average molecular weight is 311 g/mol. The first-order chi connectivity index (χ1) is 9.79. The lowest BCUT2D eigenvalue weighted by Crippen LogP contribution is -2.29. The summed E-state index contributed by atoms with van der Waals surface area (Å²) in [6, 6.07) is 4.89.